The van der Waals surface area contributed by atoms with E-state index in [1.807, 2.05) is 12.3 Å². The highest BCUT2D eigenvalue weighted by Crippen LogP contribution is 2.34. The van der Waals surface area contributed by atoms with Crippen molar-refractivity contribution in [2.45, 2.75) is 38.3 Å². The van der Waals surface area contributed by atoms with E-state index in [0.29, 0.717) is 21.7 Å². The number of carbonyl (C=O) groups is 2. The minimum atomic E-state index is -0.0579. The molecule has 2 unspecified atom stereocenters. The maximum atomic E-state index is 12.8. The second kappa shape index (κ2) is 7.29. The van der Waals surface area contributed by atoms with Crippen molar-refractivity contribution >= 4 is 23.0 Å². The summed E-state index contributed by atoms with van der Waals surface area (Å²) >= 11 is 1.28. The Morgan fingerprint density at radius 1 is 1.23 bits per heavy atom. The van der Waals surface area contributed by atoms with E-state index in [2.05, 4.69) is 21.3 Å². The summed E-state index contributed by atoms with van der Waals surface area (Å²) in [6.45, 7) is 3.75. The first-order valence-electron chi connectivity index (χ1n) is 9.16. The van der Waals surface area contributed by atoms with Crippen molar-refractivity contribution in [2.75, 3.05) is 13.1 Å². The molecule has 0 spiro atoms. The third-order valence-corrected chi connectivity index (χ3v) is 6.79. The monoisotopic (exact) mass is 369 g/mol. The van der Waals surface area contributed by atoms with E-state index in [1.54, 1.807) is 18.3 Å². The average molecular weight is 369 g/mol. The van der Waals surface area contributed by atoms with Crippen LogP contribution in [-0.2, 0) is 6.42 Å². The van der Waals surface area contributed by atoms with Gasteiger partial charge in [0.15, 0.2) is 5.78 Å². The van der Waals surface area contributed by atoms with Crippen LogP contribution in [0.4, 0.5) is 0 Å². The van der Waals surface area contributed by atoms with Crippen LogP contribution in [0.15, 0.2) is 36.7 Å². The lowest BCUT2D eigenvalue weighted by molar-refractivity contribution is 0.0137. The third kappa shape index (κ3) is 3.44. The molecule has 3 saturated heterocycles. The molecule has 0 aliphatic carbocycles. The van der Waals surface area contributed by atoms with E-state index < -0.39 is 0 Å². The van der Waals surface area contributed by atoms with Crippen molar-refractivity contribution in [1.82, 2.24) is 15.2 Å². The summed E-state index contributed by atoms with van der Waals surface area (Å²) in [5, 5.41) is 3.29. The van der Waals surface area contributed by atoms with Gasteiger partial charge in [-0.1, -0.05) is 6.07 Å². The molecule has 1 amide bonds. The molecule has 26 heavy (non-hydrogen) atoms. The van der Waals surface area contributed by atoms with Gasteiger partial charge in [0.25, 0.3) is 5.91 Å². The van der Waals surface area contributed by atoms with E-state index >= 15 is 0 Å². The molecule has 6 heteroatoms. The number of hydrogen-bond donors (Lipinski definition) is 1. The first-order valence-corrected chi connectivity index (χ1v) is 9.98. The number of nitrogens with zero attached hydrogens (tertiary/aromatic N) is 2. The Bertz CT molecular complexity index is 796. The van der Waals surface area contributed by atoms with Crippen molar-refractivity contribution in [1.29, 1.82) is 0 Å². The van der Waals surface area contributed by atoms with Crippen LogP contribution in [0, 0.1) is 5.92 Å². The van der Waals surface area contributed by atoms with Gasteiger partial charge in [0.2, 0.25) is 0 Å². The molecule has 2 atom stereocenters. The van der Waals surface area contributed by atoms with Gasteiger partial charge in [0.1, 0.15) is 0 Å². The first kappa shape index (κ1) is 17.4. The van der Waals surface area contributed by atoms with Crippen LogP contribution < -0.4 is 5.32 Å². The van der Waals surface area contributed by atoms with Gasteiger partial charge in [-0.25, -0.2) is 0 Å². The van der Waals surface area contributed by atoms with Crippen LogP contribution >= 0.6 is 11.3 Å². The molecular formula is C20H23N3O2S. The Morgan fingerprint density at radius 3 is 2.65 bits per heavy atom. The van der Waals surface area contributed by atoms with Crippen molar-refractivity contribution in [3.63, 3.8) is 0 Å². The number of rotatable bonds is 5. The van der Waals surface area contributed by atoms with Gasteiger partial charge >= 0.3 is 0 Å². The molecule has 2 aromatic heterocycles. The zero-order valence-electron chi connectivity index (χ0n) is 14.9. The molecule has 5 rings (SSSR count). The number of Topliss-reactive ketones (excluding diaryl/α,β-unsaturated/α-hetero) is 1. The fourth-order valence-electron chi connectivity index (χ4n) is 4.25. The molecule has 3 aliphatic heterocycles. The van der Waals surface area contributed by atoms with E-state index in [9.17, 15) is 9.59 Å². The molecule has 3 fully saturated rings. The SMILES string of the molecule is CC(=O)c1ccc(C(=O)NC2C3CCN(CC3)C2Cc2cccnc2)s1. The zero-order valence-corrected chi connectivity index (χ0v) is 15.7. The van der Waals surface area contributed by atoms with Crippen LogP contribution in [-0.4, -0.2) is 46.7 Å². The quantitative estimate of drug-likeness (QED) is 0.823. The number of carbonyl (C=O) groups excluding carboxylic acids is 2. The van der Waals surface area contributed by atoms with Gasteiger partial charge in [-0.15, -0.1) is 11.3 Å². The molecule has 5 nitrogen and oxygen atoms in total. The van der Waals surface area contributed by atoms with Gasteiger partial charge < -0.3 is 5.32 Å². The number of thiophene rings is 1. The first-order chi connectivity index (χ1) is 12.6. The molecular weight excluding hydrogens is 346 g/mol. The summed E-state index contributed by atoms with van der Waals surface area (Å²) in [6, 6.07) is 8.03. The van der Waals surface area contributed by atoms with Crippen molar-refractivity contribution < 1.29 is 9.59 Å². The topological polar surface area (TPSA) is 62.3 Å². The zero-order chi connectivity index (χ0) is 18.1. The lowest BCUT2D eigenvalue weighted by Crippen LogP contribution is -2.64. The number of hydrogen-bond acceptors (Lipinski definition) is 5. The Hall–Kier alpha value is -2.05. The number of pyridine rings is 1. The summed E-state index contributed by atoms with van der Waals surface area (Å²) < 4.78 is 0. The molecule has 3 aliphatic rings. The van der Waals surface area contributed by atoms with Crippen LogP contribution in [0.2, 0.25) is 0 Å². The van der Waals surface area contributed by atoms with E-state index in [0.717, 1.165) is 32.4 Å². The van der Waals surface area contributed by atoms with E-state index in [-0.39, 0.29) is 17.7 Å². The summed E-state index contributed by atoms with van der Waals surface area (Å²) in [7, 11) is 0. The minimum absolute atomic E-state index is 0.00587. The highest BCUT2D eigenvalue weighted by Gasteiger charge is 2.42. The smallest absolute Gasteiger partial charge is 0.261 e. The fraction of sp³-hybridized carbons (Fsp3) is 0.450. The van der Waals surface area contributed by atoms with Crippen LogP contribution in [0.25, 0.3) is 0 Å². The van der Waals surface area contributed by atoms with Gasteiger partial charge in [-0.2, -0.15) is 0 Å². The normalized spacial score (nSPS) is 27.3. The van der Waals surface area contributed by atoms with Gasteiger partial charge in [0, 0.05) is 24.5 Å². The Morgan fingerprint density at radius 2 is 2.00 bits per heavy atom. The Kier molecular flexibility index (Phi) is 4.87. The summed E-state index contributed by atoms with van der Waals surface area (Å²) in [5.74, 6) is 0.474. The lowest BCUT2D eigenvalue weighted by Gasteiger charge is -2.51. The lowest BCUT2D eigenvalue weighted by atomic mass is 9.77. The Balaban J connectivity index is 1.52. The molecule has 2 bridgehead atoms. The predicted molar refractivity (Wildman–Crippen MR) is 102 cm³/mol. The maximum absolute atomic E-state index is 12.8. The summed E-state index contributed by atoms with van der Waals surface area (Å²) in [5.41, 5.74) is 1.21. The van der Waals surface area contributed by atoms with Crippen LogP contribution in [0.3, 0.4) is 0 Å². The van der Waals surface area contributed by atoms with Gasteiger partial charge in [-0.05, 0) is 69.0 Å². The number of nitrogens with one attached hydrogen (secondary N) is 1. The number of piperidine rings is 3. The van der Waals surface area contributed by atoms with Crippen LogP contribution in [0.5, 0.6) is 0 Å². The second-order valence-electron chi connectivity index (χ2n) is 7.23. The molecule has 0 aromatic carbocycles. The van der Waals surface area contributed by atoms with Crippen molar-refractivity contribution in [2.24, 2.45) is 5.92 Å². The van der Waals surface area contributed by atoms with Gasteiger partial charge in [0.05, 0.1) is 9.75 Å². The summed E-state index contributed by atoms with van der Waals surface area (Å²) in [6.07, 6.45) is 6.88. The summed E-state index contributed by atoms with van der Waals surface area (Å²) in [4.78, 5) is 32.3. The number of aromatic nitrogens is 1. The number of ketones is 1. The van der Waals surface area contributed by atoms with Gasteiger partial charge in [-0.3, -0.25) is 19.5 Å². The van der Waals surface area contributed by atoms with Crippen molar-refractivity contribution in [3.8, 4) is 0 Å². The standard InChI is InChI=1S/C20H23N3O2S/c1-13(24)17-4-5-18(26-17)20(25)22-19-15-6-9-23(10-7-15)16(19)11-14-3-2-8-21-12-14/h2-5,8,12,15-16,19H,6-7,9-11H2,1H3,(H,22,25). The molecule has 2 aromatic rings. The highest BCUT2D eigenvalue weighted by atomic mass is 32.1. The Labute approximate surface area is 157 Å². The molecule has 1 N–H and O–H groups in total. The average Bonchev–Trinajstić information content (AvgIpc) is 3.16. The van der Waals surface area contributed by atoms with E-state index in [1.165, 1.54) is 23.8 Å². The highest BCUT2D eigenvalue weighted by molar-refractivity contribution is 7.15. The predicted octanol–water partition coefficient (Wildman–Crippen LogP) is 2.78. The molecule has 0 saturated carbocycles. The molecule has 136 valence electrons. The second-order valence-corrected chi connectivity index (χ2v) is 8.31. The minimum Gasteiger partial charge on any atom is -0.347 e. The number of fused-ring (bicyclic) bond motifs is 3. The third-order valence-electron chi connectivity index (χ3n) is 5.61. The van der Waals surface area contributed by atoms with Crippen molar-refractivity contribution in [3.05, 3.63) is 52.0 Å². The molecule has 5 heterocycles. The van der Waals surface area contributed by atoms with E-state index in [4.69, 9.17) is 0 Å². The van der Waals surface area contributed by atoms with Crippen LogP contribution in [0.1, 0.15) is 44.7 Å². The fourth-order valence-corrected chi connectivity index (χ4v) is 5.06. The number of amides is 1. The maximum Gasteiger partial charge on any atom is 0.261 e. The largest absolute Gasteiger partial charge is 0.347 e. The molecule has 0 radical (unpaired) electrons.